The third-order valence-corrected chi connectivity index (χ3v) is 5.15. The number of sulfonamides is 1. The van der Waals surface area contributed by atoms with E-state index in [2.05, 4.69) is 5.32 Å². The van der Waals surface area contributed by atoms with Gasteiger partial charge >= 0.3 is 0 Å². The molecule has 1 unspecified atom stereocenters. The third-order valence-electron chi connectivity index (χ3n) is 3.25. The summed E-state index contributed by atoms with van der Waals surface area (Å²) in [7, 11) is -0.124. The summed E-state index contributed by atoms with van der Waals surface area (Å²) in [5.41, 5.74) is 0. The number of likely N-dealkylation sites (N-methyl/N-ethyl adjacent to an activating group) is 1. The van der Waals surface area contributed by atoms with E-state index in [1.807, 2.05) is 7.05 Å². The number of benzene rings is 1. The Labute approximate surface area is 120 Å². The smallest absolute Gasteiger partial charge is 0.246 e. The topological polar surface area (TPSA) is 58.6 Å². The molecule has 7 heteroatoms. The van der Waals surface area contributed by atoms with Crippen LogP contribution in [0.25, 0.3) is 0 Å². The second-order valence-corrected chi connectivity index (χ2v) is 6.19. The first-order valence-electron chi connectivity index (χ1n) is 5.90. The lowest BCUT2D eigenvalue weighted by atomic mass is 10.3. The second kappa shape index (κ2) is 6.56. The molecule has 1 aliphatic rings. The van der Waals surface area contributed by atoms with E-state index in [1.165, 1.54) is 11.4 Å². The zero-order valence-electron chi connectivity index (χ0n) is 11.0. The standard InChI is InChI=1S/C12H18N2O3S.ClH/c1-13-10-7-8-14(9-10)18(15,16)12-6-4-3-5-11(12)17-2;/h3-6,10,13H,7-9H2,1-2H3;1H. The Kier molecular flexibility index (Phi) is 5.61. The van der Waals surface area contributed by atoms with Gasteiger partial charge in [0.15, 0.2) is 0 Å². The van der Waals surface area contributed by atoms with Crippen molar-refractivity contribution in [2.75, 3.05) is 27.2 Å². The van der Waals surface area contributed by atoms with Crippen molar-refractivity contribution in [3.8, 4) is 5.75 Å². The molecule has 1 atom stereocenters. The maximum atomic E-state index is 12.5. The van der Waals surface area contributed by atoms with Gasteiger partial charge in [-0.25, -0.2) is 8.42 Å². The molecule has 0 bridgehead atoms. The number of nitrogens with one attached hydrogen (secondary N) is 1. The van der Waals surface area contributed by atoms with E-state index in [0.29, 0.717) is 18.8 Å². The van der Waals surface area contributed by atoms with Gasteiger partial charge in [-0.3, -0.25) is 0 Å². The van der Waals surface area contributed by atoms with E-state index in [1.54, 1.807) is 24.3 Å². The summed E-state index contributed by atoms with van der Waals surface area (Å²) in [5.74, 6) is 0.394. The molecule has 108 valence electrons. The number of methoxy groups -OCH3 is 1. The lowest BCUT2D eigenvalue weighted by molar-refractivity contribution is 0.397. The highest BCUT2D eigenvalue weighted by Crippen LogP contribution is 2.28. The summed E-state index contributed by atoms with van der Waals surface area (Å²) in [5, 5.41) is 3.11. The Morgan fingerprint density at radius 2 is 2.05 bits per heavy atom. The van der Waals surface area contributed by atoms with Gasteiger partial charge in [0.05, 0.1) is 7.11 Å². The van der Waals surface area contributed by atoms with Gasteiger partial charge in [-0.2, -0.15) is 4.31 Å². The van der Waals surface area contributed by atoms with E-state index in [0.717, 1.165) is 6.42 Å². The highest BCUT2D eigenvalue weighted by Gasteiger charge is 2.33. The lowest BCUT2D eigenvalue weighted by Crippen LogP contribution is -2.33. The van der Waals surface area contributed by atoms with Gasteiger partial charge in [0.25, 0.3) is 0 Å². The number of hydrogen-bond donors (Lipinski definition) is 1. The van der Waals surface area contributed by atoms with Crippen LogP contribution in [0, 0.1) is 0 Å². The summed E-state index contributed by atoms with van der Waals surface area (Å²) in [6, 6.07) is 6.95. The number of ether oxygens (including phenoxy) is 1. The molecule has 1 aliphatic heterocycles. The number of halogens is 1. The van der Waals surface area contributed by atoms with Crippen molar-refractivity contribution in [1.82, 2.24) is 9.62 Å². The fourth-order valence-electron chi connectivity index (χ4n) is 2.15. The lowest BCUT2D eigenvalue weighted by Gasteiger charge is -2.18. The van der Waals surface area contributed by atoms with Crippen LogP contribution >= 0.6 is 12.4 Å². The maximum Gasteiger partial charge on any atom is 0.246 e. The van der Waals surface area contributed by atoms with Crippen molar-refractivity contribution in [2.24, 2.45) is 0 Å². The van der Waals surface area contributed by atoms with Crippen molar-refractivity contribution in [2.45, 2.75) is 17.4 Å². The fraction of sp³-hybridized carbons (Fsp3) is 0.500. The summed E-state index contributed by atoms with van der Waals surface area (Å²) in [6.45, 7) is 1.06. The van der Waals surface area contributed by atoms with Gasteiger partial charge in [-0.15, -0.1) is 12.4 Å². The molecule has 1 saturated heterocycles. The van der Waals surface area contributed by atoms with Crippen LogP contribution in [0.1, 0.15) is 6.42 Å². The van der Waals surface area contributed by atoms with E-state index in [9.17, 15) is 8.42 Å². The fourth-order valence-corrected chi connectivity index (χ4v) is 3.81. The Bertz CT molecular complexity index is 521. The van der Waals surface area contributed by atoms with Crippen LogP contribution < -0.4 is 10.1 Å². The molecule has 1 aromatic carbocycles. The van der Waals surface area contributed by atoms with Crippen molar-refractivity contribution < 1.29 is 13.2 Å². The van der Waals surface area contributed by atoms with Crippen LogP contribution in [0.4, 0.5) is 0 Å². The van der Waals surface area contributed by atoms with Crippen LogP contribution in [0.5, 0.6) is 5.75 Å². The van der Waals surface area contributed by atoms with Gasteiger partial charge in [-0.05, 0) is 25.6 Å². The molecule has 1 heterocycles. The van der Waals surface area contributed by atoms with Crippen molar-refractivity contribution in [3.05, 3.63) is 24.3 Å². The van der Waals surface area contributed by atoms with E-state index < -0.39 is 10.0 Å². The van der Waals surface area contributed by atoms with E-state index in [-0.39, 0.29) is 23.3 Å². The van der Waals surface area contributed by atoms with Gasteiger partial charge in [0.2, 0.25) is 10.0 Å². The van der Waals surface area contributed by atoms with Crippen LogP contribution in [0.2, 0.25) is 0 Å². The third kappa shape index (κ3) is 3.20. The number of rotatable bonds is 4. The molecule has 0 aliphatic carbocycles. The van der Waals surface area contributed by atoms with Gasteiger partial charge in [-0.1, -0.05) is 12.1 Å². The first kappa shape index (κ1) is 16.2. The Morgan fingerprint density at radius 3 is 2.63 bits per heavy atom. The maximum absolute atomic E-state index is 12.5. The first-order chi connectivity index (χ1) is 8.59. The van der Waals surface area contributed by atoms with E-state index >= 15 is 0 Å². The normalized spacial score (nSPS) is 20.0. The zero-order chi connectivity index (χ0) is 13.2. The van der Waals surface area contributed by atoms with Crippen molar-refractivity contribution >= 4 is 22.4 Å². The minimum absolute atomic E-state index is 0. The summed E-state index contributed by atoms with van der Waals surface area (Å²) in [6.07, 6.45) is 0.838. The van der Waals surface area contributed by atoms with Crippen LogP contribution in [-0.2, 0) is 10.0 Å². The molecular formula is C12H19ClN2O3S. The number of nitrogens with zero attached hydrogens (tertiary/aromatic N) is 1. The number of para-hydroxylation sites is 1. The molecular weight excluding hydrogens is 288 g/mol. The molecule has 1 aromatic rings. The van der Waals surface area contributed by atoms with Gasteiger partial charge in [0.1, 0.15) is 10.6 Å². The predicted molar refractivity (Wildman–Crippen MR) is 76.5 cm³/mol. The summed E-state index contributed by atoms with van der Waals surface area (Å²) >= 11 is 0. The van der Waals surface area contributed by atoms with E-state index in [4.69, 9.17) is 4.74 Å². The van der Waals surface area contributed by atoms with Crippen molar-refractivity contribution in [1.29, 1.82) is 0 Å². The Balaban J connectivity index is 0.00000180. The molecule has 0 amide bonds. The first-order valence-corrected chi connectivity index (χ1v) is 7.34. The molecule has 5 nitrogen and oxygen atoms in total. The number of hydrogen-bond acceptors (Lipinski definition) is 4. The average molecular weight is 307 g/mol. The minimum Gasteiger partial charge on any atom is -0.495 e. The Morgan fingerprint density at radius 1 is 1.37 bits per heavy atom. The molecule has 1 N–H and O–H groups in total. The monoisotopic (exact) mass is 306 g/mol. The Hall–Kier alpha value is -0.820. The van der Waals surface area contributed by atoms with Gasteiger partial charge < -0.3 is 10.1 Å². The molecule has 0 saturated carbocycles. The second-order valence-electron chi connectivity index (χ2n) is 4.29. The SMILES string of the molecule is CNC1CCN(S(=O)(=O)c2ccccc2OC)C1.Cl. The molecule has 2 rings (SSSR count). The molecule has 0 aromatic heterocycles. The molecule has 1 fully saturated rings. The largest absolute Gasteiger partial charge is 0.495 e. The highest BCUT2D eigenvalue weighted by molar-refractivity contribution is 7.89. The summed E-state index contributed by atoms with van der Waals surface area (Å²) < 4.78 is 31.6. The highest BCUT2D eigenvalue weighted by atomic mass is 35.5. The quantitative estimate of drug-likeness (QED) is 0.905. The van der Waals surface area contributed by atoms with Crippen LogP contribution in [0.15, 0.2) is 29.2 Å². The van der Waals surface area contributed by atoms with Crippen LogP contribution in [0.3, 0.4) is 0 Å². The minimum atomic E-state index is -3.46. The molecule has 0 spiro atoms. The zero-order valence-corrected chi connectivity index (χ0v) is 12.6. The molecule has 19 heavy (non-hydrogen) atoms. The summed E-state index contributed by atoms with van der Waals surface area (Å²) in [4.78, 5) is 0.240. The average Bonchev–Trinajstić information content (AvgIpc) is 2.88. The van der Waals surface area contributed by atoms with Crippen molar-refractivity contribution in [3.63, 3.8) is 0 Å². The molecule has 0 radical (unpaired) electrons. The predicted octanol–water partition coefficient (Wildman–Crippen LogP) is 1.10. The van der Waals surface area contributed by atoms with Gasteiger partial charge in [0, 0.05) is 19.1 Å². The van der Waals surface area contributed by atoms with Crippen LogP contribution in [-0.4, -0.2) is 46.0 Å².